The zero-order valence-corrected chi connectivity index (χ0v) is 14.4. The Labute approximate surface area is 156 Å². The quantitative estimate of drug-likeness (QED) is 0.459. The first-order chi connectivity index (χ1) is 13.1. The third kappa shape index (κ3) is 5.01. The van der Waals surface area contributed by atoms with E-state index in [9.17, 15) is 14.0 Å². The molecule has 0 atom stereocenters. The van der Waals surface area contributed by atoms with E-state index in [-0.39, 0.29) is 11.1 Å². The molecule has 27 heavy (non-hydrogen) atoms. The lowest BCUT2D eigenvalue weighted by atomic mass is 10.1. The van der Waals surface area contributed by atoms with E-state index in [2.05, 4.69) is 0 Å². The molecule has 0 saturated heterocycles. The van der Waals surface area contributed by atoms with Crippen molar-refractivity contribution in [3.8, 4) is 5.75 Å². The van der Waals surface area contributed by atoms with Gasteiger partial charge in [0.05, 0.1) is 0 Å². The molecule has 0 saturated carbocycles. The Morgan fingerprint density at radius 1 is 0.815 bits per heavy atom. The van der Waals surface area contributed by atoms with Gasteiger partial charge in [0.2, 0.25) is 0 Å². The molecule has 0 radical (unpaired) electrons. The van der Waals surface area contributed by atoms with Crippen molar-refractivity contribution in [1.82, 2.24) is 0 Å². The van der Waals surface area contributed by atoms with E-state index in [4.69, 9.17) is 9.47 Å². The zero-order chi connectivity index (χ0) is 19.1. The van der Waals surface area contributed by atoms with Crippen LogP contribution in [0.2, 0.25) is 0 Å². The monoisotopic (exact) mass is 364 g/mol. The standard InChI is InChI=1S/C22H17FO4/c23-18-12-10-17(11-13-18)20(24)15-27-22(25)19-8-4-5-9-21(19)26-14-16-6-2-1-3-7-16/h1-13H,14-15H2. The van der Waals surface area contributed by atoms with Gasteiger partial charge in [0.25, 0.3) is 0 Å². The summed E-state index contributed by atoms with van der Waals surface area (Å²) in [6, 6.07) is 21.3. The van der Waals surface area contributed by atoms with Crippen LogP contribution in [0.4, 0.5) is 4.39 Å². The summed E-state index contributed by atoms with van der Waals surface area (Å²) in [5.41, 5.74) is 1.48. The lowest BCUT2D eigenvalue weighted by Gasteiger charge is -2.11. The number of para-hydroxylation sites is 1. The summed E-state index contributed by atoms with van der Waals surface area (Å²) in [4.78, 5) is 24.4. The molecular formula is C22H17FO4. The van der Waals surface area contributed by atoms with Gasteiger partial charge in [-0.1, -0.05) is 42.5 Å². The SMILES string of the molecule is O=C(COC(=O)c1ccccc1OCc1ccccc1)c1ccc(F)cc1. The van der Waals surface area contributed by atoms with Crippen LogP contribution in [0.5, 0.6) is 5.75 Å². The molecule has 0 aliphatic rings. The maximum Gasteiger partial charge on any atom is 0.342 e. The molecule has 0 unspecified atom stereocenters. The predicted molar refractivity (Wildman–Crippen MR) is 98.2 cm³/mol. The van der Waals surface area contributed by atoms with E-state index in [1.807, 2.05) is 30.3 Å². The van der Waals surface area contributed by atoms with Gasteiger partial charge in [0.15, 0.2) is 12.4 Å². The molecule has 0 amide bonds. The fourth-order valence-electron chi connectivity index (χ4n) is 2.42. The Balaban J connectivity index is 1.62. The highest BCUT2D eigenvalue weighted by molar-refractivity contribution is 5.99. The Hall–Kier alpha value is -3.47. The average Bonchev–Trinajstić information content (AvgIpc) is 2.71. The van der Waals surface area contributed by atoms with Crippen molar-refractivity contribution in [3.63, 3.8) is 0 Å². The first-order valence-electron chi connectivity index (χ1n) is 8.35. The molecular weight excluding hydrogens is 347 g/mol. The number of benzene rings is 3. The Bertz CT molecular complexity index is 921. The second-order valence-electron chi connectivity index (χ2n) is 5.78. The lowest BCUT2D eigenvalue weighted by Crippen LogP contribution is -2.15. The van der Waals surface area contributed by atoms with E-state index >= 15 is 0 Å². The number of esters is 1. The fourth-order valence-corrected chi connectivity index (χ4v) is 2.42. The van der Waals surface area contributed by atoms with Gasteiger partial charge in [0.1, 0.15) is 23.7 Å². The number of hydrogen-bond donors (Lipinski definition) is 0. The van der Waals surface area contributed by atoms with Gasteiger partial charge in [-0.3, -0.25) is 4.79 Å². The summed E-state index contributed by atoms with van der Waals surface area (Å²) in [6.07, 6.45) is 0. The summed E-state index contributed by atoms with van der Waals surface area (Å²) < 4.78 is 23.7. The predicted octanol–water partition coefficient (Wildman–Crippen LogP) is 4.44. The van der Waals surface area contributed by atoms with E-state index in [0.29, 0.717) is 12.4 Å². The number of hydrogen-bond acceptors (Lipinski definition) is 4. The van der Waals surface area contributed by atoms with Crippen molar-refractivity contribution in [1.29, 1.82) is 0 Å². The van der Waals surface area contributed by atoms with E-state index in [0.717, 1.165) is 5.56 Å². The van der Waals surface area contributed by atoms with Gasteiger partial charge >= 0.3 is 5.97 Å². The van der Waals surface area contributed by atoms with Crippen molar-refractivity contribution in [2.24, 2.45) is 0 Å². The summed E-state index contributed by atoms with van der Waals surface area (Å²) in [7, 11) is 0. The molecule has 0 aliphatic heterocycles. The molecule has 5 heteroatoms. The van der Waals surface area contributed by atoms with E-state index in [1.54, 1.807) is 24.3 Å². The fraction of sp³-hybridized carbons (Fsp3) is 0.0909. The van der Waals surface area contributed by atoms with Crippen LogP contribution in [0.1, 0.15) is 26.3 Å². The topological polar surface area (TPSA) is 52.6 Å². The van der Waals surface area contributed by atoms with Crippen LogP contribution in [0.15, 0.2) is 78.9 Å². The van der Waals surface area contributed by atoms with Crippen molar-refractivity contribution < 1.29 is 23.5 Å². The first kappa shape index (κ1) is 18.3. The molecule has 0 aromatic heterocycles. The molecule has 4 nitrogen and oxygen atoms in total. The van der Waals surface area contributed by atoms with Crippen LogP contribution >= 0.6 is 0 Å². The first-order valence-corrected chi connectivity index (χ1v) is 8.35. The van der Waals surface area contributed by atoms with E-state index in [1.165, 1.54) is 24.3 Å². The number of Topliss-reactive ketones (excluding diaryl/α,β-unsaturated/α-hetero) is 1. The molecule has 0 bridgehead atoms. The maximum atomic E-state index is 12.9. The zero-order valence-electron chi connectivity index (χ0n) is 14.4. The van der Waals surface area contributed by atoms with E-state index < -0.39 is 24.2 Å². The van der Waals surface area contributed by atoms with Gasteiger partial charge in [-0.2, -0.15) is 0 Å². The normalized spacial score (nSPS) is 10.3. The Morgan fingerprint density at radius 3 is 2.22 bits per heavy atom. The number of halogens is 1. The van der Waals surface area contributed by atoms with Gasteiger partial charge in [-0.15, -0.1) is 0 Å². The number of rotatable bonds is 7. The number of ether oxygens (including phenoxy) is 2. The molecule has 0 N–H and O–H groups in total. The summed E-state index contributed by atoms with van der Waals surface area (Å²) in [5.74, 6) is -1.13. The number of ketones is 1. The molecule has 0 fully saturated rings. The van der Waals surface area contributed by atoms with Crippen molar-refractivity contribution in [3.05, 3.63) is 101 Å². The molecule has 3 aromatic rings. The van der Waals surface area contributed by atoms with Crippen LogP contribution in [0.25, 0.3) is 0 Å². The molecule has 0 heterocycles. The highest BCUT2D eigenvalue weighted by Gasteiger charge is 2.16. The van der Waals surface area contributed by atoms with Gasteiger partial charge in [-0.05, 0) is 42.0 Å². The molecule has 3 rings (SSSR count). The molecule has 0 spiro atoms. The summed E-state index contributed by atoms with van der Waals surface area (Å²) >= 11 is 0. The number of carbonyl (C=O) groups is 2. The minimum atomic E-state index is -0.658. The highest BCUT2D eigenvalue weighted by atomic mass is 19.1. The second kappa shape index (κ2) is 8.76. The minimum absolute atomic E-state index is 0.236. The van der Waals surface area contributed by atoms with Crippen LogP contribution in [-0.2, 0) is 11.3 Å². The summed E-state index contributed by atoms with van der Waals surface area (Å²) in [5, 5.41) is 0. The van der Waals surface area contributed by atoms with Gasteiger partial charge < -0.3 is 9.47 Å². The molecule has 3 aromatic carbocycles. The largest absolute Gasteiger partial charge is 0.488 e. The minimum Gasteiger partial charge on any atom is -0.488 e. The van der Waals surface area contributed by atoms with Gasteiger partial charge in [-0.25, -0.2) is 9.18 Å². The molecule has 136 valence electrons. The van der Waals surface area contributed by atoms with Crippen LogP contribution in [0.3, 0.4) is 0 Å². The lowest BCUT2D eigenvalue weighted by molar-refractivity contribution is 0.0470. The maximum absolute atomic E-state index is 12.9. The molecule has 0 aliphatic carbocycles. The second-order valence-corrected chi connectivity index (χ2v) is 5.78. The third-order valence-corrected chi connectivity index (χ3v) is 3.84. The van der Waals surface area contributed by atoms with Crippen LogP contribution in [0, 0.1) is 5.82 Å². The Morgan fingerprint density at radius 2 is 1.48 bits per heavy atom. The smallest absolute Gasteiger partial charge is 0.342 e. The number of carbonyl (C=O) groups excluding carboxylic acids is 2. The average molecular weight is 364 g/mol. The van der Waals surface area contributed by atoms with Gasteiger partial charge in [0, 0.05) is 5.56 Å². The van der Waals surface area contributed by atoms with Crippen LogP contribution in [-0.4, -0.2) is 18.4 Å². The Kier molecular flexibility index (Phi) is 5.94. The van der Waals surface area contributed by atoms with Crippen molar-refractivity contribution in [2.75, 3.05) is 6.61 Å². The third-order valence-electron chi connectivity index (χ3n) is 3.84. The highest BCUT2D eigenvalue weighted by Crippen LogP contribution is 2.20. The van der Waals surface area contributed by atoms with Crippen molar-refractivity contribution >= 4 is 11.8 Å². The summed E-state index contributed by atoms with van der Waals surface area (Å²) in [6.45, 7) is -0.128. The van der Waals surface area contributed by atoms with Crippen LogP contribution < -0.4 is 4.74 Å². The van der Waals surface area contributed by atoms with Crippen molar-refractivity contribution in [2.45, 2.75) is 6.61 Å².